The number of H-pyrrole nitrogens is 1. The number of aromatic amines is 1. The first-order chi connectivity index (χ1) is 5.68. The van der Waals surface area contributed by atoms with Crippen LogP contribution in [0.5, 0.6) is 0 Å². The van der Waals surface area contributed by atoms with Crippen molar-refractivity contribution in [1.82, 2.24) is 15.2 Å². The van der Waals surface area contributed by atoms with Crippen molar-refractivity contribution in [1.29, 1.82) is 0 Å². The fourth-order valence-corrected chi connectivity index (χ4v) is 1.35. The fraction of sp³-hybridized carbons (Fsp3) is 0.143. The van der Waals surface area contributed by atoms with Gasteiger partial charge in [-0.3, -0.25) is 5.10 Å². The molecule has 3 N–H and O–H groups in total. The minimum atomic E-state index is 0.484. The number of nitrogens with two attached hydrogens (primary N) is 1. The van der Waals surface area contributed by atoms with Gasteiger partial charge in [0, 0.05) is 4.47 Å². The number of nitrogens with one attached hydrogen (secondary N) is 1. The molecule has 0 amide bonds. The second kappa shape index (κ2) is 2.45. The van der Waals surface area contributed by atoms with Gasteiger partial charge < -0.3 is 5.73 Å². The number of hydrogen-bond donors (Lipinski definition) is 2. The predicted molar refractivity (Wildman–Crippen MR) is 50.7 cm³/mol. The molecule has 0 bridgehead atoms. The van der Waals surface area contributed by atoms with Gasteiger partial charge in [0.1, 0.15) is 0 Å². The SMILES string of the molecule is Cc1nc2[nH]nc(N)c2cc1Br. The molecule has 2 rings (SSSR count). The minimum absolute atomic E-state index is 0.484. The maximum Gasteiger partial charge on any atom is 0.157 e. The van der Waals surface area contributed by atoms with Crippen LogP contribution in [0.4, 0.5) is 5.82 Å². The first-order valence-electron chi connectivity index (χ1n) is 3.45. The van der Waals surface area contributed by atoms with E-state index < -0.39 is 0 Å². The summed E-state index contributed by atoms with van der Waals surface area (Å²) in [6, 6.07) is 1.91. The molecule has 62 valence electrons. The average molecular weight is 227 g/mol. The Hall–Kier alpha value is -1.10. The highest BCUT2D eigenvalue weighted by Crippen LogP contribution is 2.22. The van der Waals surface area contributed by atoms with Crippen molar-refractivity contribution in [2.45, 2.75) is 6.92 Å². The largest absolute Gasteiger partial charge is 0.382 e. The highest BCUT2D eigenvalue weighted by atomic mass is 79.9. The molecule has 0 saturated carbocycles. The van der Waals surface area contributed by atoms with Gasteiger partial charge in [-0.1, -0.05) is 0 Å². The Labute approximate surface area is 77.3 Å². The van der Waals surface area contributed by atoms with Crippen LogP contribution < -0.4 is 5.73 Å². The van der Waals surface area contributed by atoms with E-state index in [-0.39, 0.29) is 0 Å². The molecule has 0 saturated heterocycles. The quantitative estimate of drug-likeness (QED) is 0.718. The number of pyridine rings is 1. The molecule has 0 spiro atoms. The van der Waals surface area contributed by atoms with Gasteiger partial charge in [0.15, 0.2) is 11.5 Å². The van der Waals surface area contributed by atoms with Crippen LogP contribution in [0.15, 0.2) is 10.5 Å². The molecule has 2 aromatic heterocycles. The summed E-state index contributed by atoms with van der Waals surface area (Å²) in [4.78, 5) is 4.25. The highest BCUT2D eigenvalue weighted by Gasteiger charge is 2.05. The van der Waals surface area contributed by atoms with Gasteiger partial charge in [0.25, 0.3) is 0 Å². The van der Waals surface area contributed by atoms with Crippen molar-refractivity contribution in [3.8, 4) is 0 Å². The Balaban J connectivity index is 2.87. The molecule has 0 aliphatic heterocycles. The number of aryl methyl sites for hydroxylation is 1. The fourth-order valence-electron chi connectivity index (χ4n) is 1.03. The summed E-state index contributed by atoms with van der Waals surface area (Å²) in [6.45, 7) is 1.92. The van der Waals surface area contributed by atoms with Gasteiger partial charge in [-0.25, -0.2) is 4.98 Å². The van der Waals surface area contributed by atoms with Crippen molar-refractivity contribution >= 4 is 32.8 Å². The van der Waals surface area contributed by atoms with E-state index in [0.717, 1.165) is 21.2 Å². The number of anilines is 1. The van der Waals surface area contributed by atoms with E-state index in [4.69, 9.17) is 5.73 Å². The third-order valence-electron chi connectivity index (χ3n) is 1.71. The van der Waals surface area contributed by atoms with Crippen molar-refractivity contribution < 1.29 is 0 Å². The molecular formula is C7H7BrN4. The molecule has 12 heavy (non-hydrogen) atoms. The smallest absolute Gasteiger partial charge is 0.157 e. The minimum Gasteiger partial charge on any atom is -0.382 e. The van der Waals surface area contributed by atoms with Gasteiger partial charge in [-0.05, 0) is 28.9 Å². The molecule has 5 heteroatoms. The number of hydrogen-bond acceptors (Lipinski definition) is 3. The summed E-state index contributed by atoms with van der Waals surface area (Å²) in [7, 11) is 0. The Morgan fingerprint density at radius 1 is 1.58 bits per heavy atom. The summed E-state index contributed by atoms with van der Waals surface area (Å²) >= 11 is 3.38. The first-order valence-corrected chi connectivity index (χ1v) is 4.24. The van der Waals surface area contributed by atoms with Crippen LogP contribution in [0.3, 0.4) is 0 Å². The molecule has 0 fully saturated rings. The van der Waals surface area contributed by atoms with E-state index >= 15 is 0 Å². The summed E-state index contributed by atoms with van der Waals surface area (Å²) in [5, 5.41) is 7.45. The lowest BCUT2D eigenvalue weighted by atomic mass is 10.3. The number of rotatable bonds is 0. The topological polar surface area (TPSA) is 67.6 Å². The third-order valence-corrected chi connectivity index (χ3v) is 2.51. The molecular weight excluding hydrogens is 220 g/mol. The van der Waals surface area contributed by atoms with E-state index in [1.807, 2.05) is 13.0 Å². The molecule has 0 unspecified atom stereocenters. The molecule has 0 radical (unpaired) electrons. The van der Waals surface area contributed by atoms with Gasteiger partial charge >= 0.3 is 0 Å². The van der Waals surface area contributed by atoms with Gasteiger partial charge in [0.05, 0.1) is 11.1 Å². The summed E-state index contributed by atoms with van der Waals surface area (Å²) in [5.41, 5.74) is 7.24. The van der Waals surface area contributed by atoms with Crippen LogP contribution in [0.1, 0.15) is 5.69 Å². The zero-order valence-electron chi connectivity index (χ0n) is 6.43. The van der Waals surface area contributed by atoms with Crippen molar-refractivity contribution in [3.05, 3.63) is 16.2 Å². The zero-order chi connectivity index (χ0) is 8.72. The molecule has 0 aromatic carbocycles. The number of halogens is 1. The van der Waals surface area contributed by atoms with Crippen molar-refractivity contribution in [2.24, 2.45) is 0 Å². The second-order valence-electron chi connectivity index (χ2n) is 2.56. The maximum absolute atomic E-state index is 5.59. The number of aromatic nitrogens is 3. The van der Waals surface area contributed by atoms with E-state index in [0.29, 0.717) is 5.82 Å². The van der Waals surface area contributed by atoms with Crippen LogP contribution in [-0.2, 0) is 0 Å². The number of nitrogen functional groups attached to an aromatic ring is 1. The summed E-state index contributed by atoms with van der Waals surface area (Å²) in [6.07, 6.45) is 0. The highest BCUT2D eigenvalue weighted by molar-refractivity contribution is 9.10. The van der Waals surface area contributed by atoms with E-state index in [1.165, 1.54) is 0 Å². The first kappa shape index (κ1) is 7.54. The molecule has 2 aromatic rings. The summed E-state index contributed by atoms with van der Waals surface area (Å²) < 4.78 is 0.947. The van der Waals surface area contributed by atoms with Crippen LogP contribution in [0, 0.1) is 6.92 Å². The lowest BCUT2D eigenvalue weighted by Gasteiger charge is -1.95. The second-order valence-corrected chi connectivity index (χ2v) is 3.41. The van der Waals surface area contributed by atoms with Crippen LogP contribution in [0.2, 0.25) is 0 Å². The zero-order valence-corrected chi connectivity index (χ0v) is 8.01. The van der Waals surface area contributed by atoms with Crippen LogP contribution in [-0.4, -0.2) is 15.2 Å². The van der Waals surface area contributed by atoms with E-state index in [9.17, 15) is 0 Å². The van der Waals surface area contributed by atoms with Crippen LogP contribution >= 0.6 is 15.9 Å². The monoisotopic (exact) mass is 226 g/mol. The molecule has 4 nitrogen and oxygen atoms in total. The Morgan fingerprint density at radius 2 is 2.33 bits per heavy atom. The molecule has 2 heterocycles. The van der Waals surface area contributed by atoms with Crippen molar-refractivity contribution in [2.75, 3.05) is 5.73 Å². The predicted octanol–water partition coefficient (Wildman–Crippen LogP) is 1.61. The van der Waals surface area contributed by atoms with E-state index in [1.54, 1.807) is 0 Å². The number of fused-ring (bicyclic) bond motifs is 1. The lowest BCUT2D eigenvalue weighted by molar-refractivity contribution is 1.09. The van der Waals surface area contributed by atoms with Crippen molar-refractivity contribution in [3.63, 3.8) is 0 Å². The summed E-state index contributed by atoms with van der Waals surface area (Å²) in [5.74, 6) is 0.484. The standard InChI is InChI=1S/C7H7BrN4/c1-3-5(8)2-4-6(9)11-12-7(4)10-3/h2H,1H3,(H3,9,10,11,12). The van der Waals surface area contributed by atoms with Crippen LogP contribution in [0.25, 0.3) is 11.0 Å². The van der Waals surface area contributed by atoms with Gasteiger partial charge in [-0.2, -0.15) is 5.10 Å². The molecule has 0 atom stereocenters. The van der Waals surface area contributed by atoms with E-state index in [2.05, 4.69) is 31.1 Å². The maximum atomic E-state index is 5.59. The average Bonchev–Trinajstić information content (AvgIpc) is 2.35. The Morgan fingerprint density at radius 3 is 3.08 bits per heavy atom. The molecule has 0 aliphatic carbocycles. The third kappa shape index (κ3) is 0.972. The Bertz CT molecular complexity index is 434. The Kier molecular flexibility index (Phi) is 1.54. The van der Waals surface area contributed by atoms with Gasteiger partial charge in [0.2, 0.25) is 0 Å². The van der Waals surface area contributed by atoms with Gasteiger partial charge in [-0.15, -0.1) is 0 Å². The lowest BCUT2D eigenvalue weighted by Crippen LogP contribution is -1.86. The molecule has 0 aliphatic rings. The number of nitrogens with zero attached hydrogens (tertiary/aromatic N) is 2. The normalized spacial score (nSPS) is 10.8.